The van der Waals surface area contributed by atoms with Crippen molar-refractivity contribution in [3.8, 4) is 0 Å². The molecule has 1 aliphatic rings. The third-order valence-corrected chi connectivity index (χ3v) is 5.44. The van der Waals surface area contributed by atoms with Crippen molar-refractivity contribution < 1.29 is 14.4 Å². The molecule has 1 aromatic carbocycles. The normalized spacial score (nSPS) is 18.3. The summed E-state index contributed by atoms with van der Waals surface area (Å²) in [6, 6.07) is 12.6. The van der Waals surface area contributed by atoms with Gasteiger partial charge < -0.3 is 16.0 Å². The molecule has 0 radical (unpaired) electrons. The molecule has 0 saturated heterocycles. The Morgan fingerprint density at radius 1 is 0.900 bits per heavy atom. The van der Waals surface area contributed by atoms with Crippen LogP contribution in [0.5, 0.6) is 0 Å². The van der Waals surface area contributed by atoms with Gasteiger partial charge in [0.1, 0.15) is 0 Å². The average Bonchev–Trinajstić information content (AvgIpc) is 2.81. The second-order valence-corrected chi connectivity index (χ2v) is 7.65. The van der Waals surface area contributed by atoms with Gasteiger partial charge in [-0.15, -0.1) is 0 Å². The van der Waals surface area contributed by atoms with Crippen molar-refractivity contribution in [1.29, 1.82) is 0 Å². The molecule has 0 atom stereocenters. The van der Waals surface area contributed by atoms with Crippen molar-refractivity contribution in [2.45, 2.75) is 32.2 Å². The Kier molecular flexibility index (Phi) is 7.94. The van der Waals surface area contributed by atoms with Gasteiger partial charge in [-0.2, -0.15) is 0 Å². The van der Waals surface area contributed by atoms with Crippen LogP contribution < -0.4 is 16.0 Å². The van der Waals surface area contributed by atoms with Crippen LogP contribution in [0.1, 0.15) is 41.6 Å². The number of pyridine rings is 1. The van der Waals surface area contributed by atoms with Crippen LogP contribution >= 0.6 is 0 Å². The zero-order valence-corrected chi connectivity index (χ0v) is 17.0. The number of hydrogen-bond donors (Lipinski definition) is 3. The second kappa shape index (κ2) is 11.1. The standard InChI is InChI=1S/C23H28N4O3/c28-21(16-27-22(29)19-6-2-1-3-7-19)25-14-17-8-10-20(11-9-17)23(30)26-15-18-5-4-12-24-13-18/h1-7,12-13,17,20H,8-11,14-16H2,(H,25,28)(H,26,30)(H,27,29). The van der Waals surface area contributed by atoms with E-state index in [2.05, 4.69) is 20.9 Å². The summed E-state index contributed by atoms with van der Waals surface area (Å²) in [6.07, 6.45) is 6.92. The quantitative estimate of drug-likeness (QED) is 0.622. The molecule has 1 saturated carbocycles. The summed E-state index contributed by atoms with van der Waals surface area (Å²) in [6.45, 7) is 1.03. The number of nitrogens with zero attached hydrogens (tertiary/aromatic N) is 1. The lowest BCUT2D eigenvalue weighted by Gasteiger charge is -2.28. The van der Waals surface area contributed by atoms with Crippen molar-refractivity contribution in [2.75, 3.05) is 13.1 Å². The van der Waals surface area contributed by atoms with Crippen molar-refractivity contribution >= 4 is 17.7 Å². The molecule has 1 aliphatic carbocycles. The number of amides is 3. The second-order valence-electron chi connectivity index (χ2n) is 7.65. The molecule has 7 heteroatoms. The number of nitrogens with one attached hydrogen (secondary N) is 3. The van der Waals surface area contributed by atoms with E-state index in [4.69, 9.17) is 0 Å². The van der Waals surface area contributed by atoms with Crippen LogP contribution in [-0.4, -0.2) is 35.8 Å². The number of hydrogen-bond acceptors (Lipinski definition) is 4. The Balaban J connectivity index is 1.30. The lowest BCUT2D eigenvalue weighted by Crippen LogP contribution is -2.40. The highest BCUT2D eigenvalue weighted by Gasteiger charge is 2.26. The first-order valence-corrected chi connectivity index (χ1v) is 10.4. The van der Waals surface area contributed by atoms with E-state index in [9.17, 15) is 14.4 Å². The van der Waals surface area contributed by atoms with Crippen molar-refractivity contribution in [1.82, 2.24) is 20.9 Å². The van der Waals surface area contributed by atoms with Gasteiger partial charge in [0.2, 0.25) is 11.8 Å². The largest absolute Gasteiger partial charge is 0.354 e. The minimum absolute atomic E-state index is 0.0267. The van der Waals surface area contributed by atoms with Crippen molar-refractivity contribution in [2.24, 2.45) is 11.8 Å². The van der Waals surface area contributed by atoms with E-state index >= 15 is 0 Å². The molecular formula is C23H28N4O3. The van der Waals surface area contributed by atoms with Crippen molar-refractivity contribution in [3.63, 3.8) is 0 Å². The highest BCUT2D eigenvalue weighted by Crippen LogP contribution is 2.28. The predicted octanol–water partition coefficient (Wildman–Crippen LogP) is 2.05. The van der Waals surface area contributed by atoms with Crippen LogP contribution in [0.25, 0.3) is 0 Å². The molecule has 3 amide bonds. The minimum Gasteiger partial charge on any atom is -0.354 e. The molecule has 0 aliphatic heterocycles. The first-order valence-electron chi connectivity index (χ1n) is 10.4. The van der Waals surface area contributed by atoms with E-state index < -0.39 is 0 Å². The monoisotopic (exact) mass is 408 g/mol. The topological polar surface area (TPSA) is 100 Å². The molecular weight excluding hydrogens is 380 g/mol. The third-order valence-electron chi connectivity index (χ3n) is 5.44. The minimum atomic E-state index is -0.261. The van der Waals surface area contributed by atoms with Crippen LogP contribution in [0.2, 0.25) is 0 Å². The molecule has 0 spiro atoms. The summed E-state index contributed by atoms with van der Waals surface area (Å²) >= 11 is 0. The molecule has 1 heterocycles. The molecule has 0 bridgehead atoms. The highest BCUT2D eigenvalue weighted by molar-refractivity contribution is 5.96. The Morgan fingerprint density at radius 3 is 2.37 bits per heavy atom. The maximum atomic E-state index is 12.4. The average molecular weight is 409 g/mol. The fraction of sp³-hybridized carbons (Fsp3) is 0.391. The Morgan fingerprint density at radius 2 is 1.67 bits per heavy atom. The molecule has 3 rings (SSSR count). The summed E-state index contributed by atoms with van der Waals surface area (Å²) in [5, 5.41) is 8.50. The lowest BCUT2D eigenvalue weighted by molar-refractivity contribution is -0.126. The number of carbonyl (C=O) groups excluding carboxylic acids is 3. The molecule has 1 fully saturated rings. The summed E-state index contributed by atoms with van der Waals surface area (Å²) in [5.41, 5.74) is 1.52. The molecule has 30 heavy (non-hydrogen) atoms. The van der Waals surface area contributed by atoms with Crippen LogP contribution in [-0.2, 0) is 16.1 Å². The van der Waals surface area contributed by atoms with E-state index in [1.165, 1.54) is 0 Å². The van der Waals surface area contributed by atoms with Gasteiger partial charge in [0.25, 0.3) is 5.91 Å². The SMILES string of the molecule is O=C(CNC(=O)c1ccccc1)NCC1CCC(C(=O)NCc2cccnc2)CC1. The van der Waals surface area contributed by atoms with Gasteiger partial charge in [-0.1, -0.05) is 24.3 Å². The molecule has 7 nitrogen and oxygen atoms in total. The summed E-state index contributed by atoms with van der Waals surface area (Å²) in [5.74, 6) is 0.0177. The van der Waals surface area contributed by atoms with Crippen LogP contribution in [0, 0.1) is 11.8 Å². The number of benzene rings is 1. The summed E-state index contributed by atoms with van der Waals surface area (Å²) in [7, 11) is 0. The third kappa shape index (κ3) is 6.69. The van der Waals surface area contributed by atoms with Crippen LogP contribution in [0.4, 0.5) is 0 Å². The maximum absolute atomic E-state index is 12.4. The van der Waals surface area contributed by atoms with Gasteiger partial charge in [0.15, 0.2) is 0 Å². The zero-order chi connectivity index (χ0) is 21.2. The number of rotatable bonds is 8. The van der Waals surface area contributed by atoms with E-state index in [1.807, 2.05) is 18.2 Å². The Bertz CT molecular complexity index is 834. The van der Waals surface area contributed by atoms with Gasteiger partial charge in [0.05, 0.1) is 6.54 Å². The van der Waals surface area contributed by atoms with Gasteiger partial charge in [0, 0.05) is 37.0 Å². The van der Waals surface area contributed by atoms with Crippen LogP contribution in [0.15, 0.2) is 54.9 Å². The number of carbonyl (C=O) groups is 3. The van der Waals surface area contributed by atoms with E-state index in [-0.39, 0.29) is 30.2 Å². The summed E-state index contributed by atoms with van der Waals surface area (Å²) < 4.78 is 0. The Labute approximate surface area is 176 Å². The Hall–Kier alpha value is -3.22. The molecule has 0 unspecified atom stereocenters. The lowest BCUT2D eigenvalue weighted by atomic mass is 9.81. The zero-order valence-electron chi connectivity index (χ0n) is 17.0. The first-order chi connectivity index (χ1) is 14.6. The van der Waals surface area contributed by atoms with Gasteiger partial charge >= 0.3 is 0 Å². The smallest absolute Gasteiger partial charge is 0.251 e. The maximum Gasteiger partial charge on any atom is 0.251 e. The van der Waals surface area contributed by atoms with E-state index in [1.54, 1.807) is 36.7 Å². The molecule has 158 valence electrons. The van der Waals surface area contributed by atoms with Gasteiger partial charge in [-0.05, 0) is 55.4 Å². The molecule has 3 N–H and O–H groups in total. The van der Waals surface area contributed by atoms with Crippen molar-refractivity contribution in [3.05, 3.63) is 66.0 Å². The van der Waals surface area contributed by atoms with E-state index in [0.29, 0.717) is 24.6 Å². The fourth-order valence-corrected chi connectivity index (χ4v) is 3.64. The molecule has 1 aromatic heterocycles. The summed E-state index contributed by atoms with van der Waals surface area (Å²) in [4.78, 5) is 40.4. The van der Waals surface area contributed by atoms with Crippen LogP contribution in [0.3, 0.4) is 0 Å². The van der Waals surface area contributed by atoms with E-state index in [0.717, 1.165) is 31.2 Å². The number of aromatic nitrogens is 1. The molecule has 2 aromatic rings. The van der Waals surface area contributed by atoms with Gasteiger partial charge in [-0.3, -0.25) is 19.4 Å². The van der Waals surface area contributed by atoms with Gasteiger partial charge in [-0.25, -0.2) is 0 Å². The first kappa shape index (κ1) is 21.5. The highest BCUT2D eigenvalue weighted by atomic mass is 16.2. The predicted molar refractivity (Wildman–Crippen MR) is 113 cm³/mol. The fourth-order valence-electron chi connectivity index (χ4n) is 3.64.